The van der Waals surface area contributed by atoms with E-state index in [2.05, 4.69) is 30.1 Å². The van der Waals surface area contributed by atoms with E-state index in [1.165, 1.54) is 32.1 Å². The van der Waals surface area contributed by atoms with Gasteiger partial charge < -0.3 is 0 Å². The van der Waals surface area contributed by atoms with Gasteiger partial charge in [-0.1, -0.05) is 6.92 Å². The van der Waals surface area contributed by atoms with Crippen molar-refractivity contribution in [1.29, 1.82) is 5.26 Å². The van der Waals surface area contributed by atoms with Gasteiger partial charge >= 0.3 is 0 Å². The topological polar surface area (TPSA) is 39.1 Å². The first kappa shape index (κ1) is 11.9. The summed E-state index contributed by atoms with van der Waals surface area (Å²) >= 11 is 0. The minimum atomic E-state index is -0.348. The van der Waals surface area contributed by atoms with Gasteiger partial charge in [0.1, 0.15) is 5.54 Å². The third-order valence-electron chi connectivity index (χ3n) is 3.44. The second-order valence-corrected chi connectivity index (χ2v) is 5.56. The maximum absolute atomic E-state index is 9.34. The van der Waals surface area contributed by atoms with Crippen molar-refractivity contribution in [2.75, 3.05) is 13.1 Å². The van der Waals surface area contributed by atoms with Crippen LogP contribution in [0.3, 0.4) is 0 Å². The normalized spacial score (nSPS) is 24.1. The lowest BCUT2D eigenvalue weighted by atomic mass is 10.0. The fraction of sp³-hybridized carbons (Fsp3) is 0.923. The highest BCUT2D eigenvalue weighted by molar-refractivity contribution is 5.10. The van der Waals surface area contributed by atoms with Crippen LogP contribution in [0.15, 0.2) is 0 Å². The molecule has 2 fully saturated rings. The van der Waals surface area contributed by atoms with Crippen molar-refractivity contribution in [3.63, 3.8) is 0 Å². The van der Waals surface area contributed by atoms with Crippen LogP contribution in [0.5, 0.6) is 0 Å². The largest absolute Gasteiger partial charge is 0.298 e. The van der Waals surface area contributed by atoms with Crippen molar-refractivity contribution < 1.29 is 0 Å². The molecule has 0 aromatic rings. The molecule has 0 aromatic heterocycles. The standard InChI is InChI=1S/C13H23N3/c1-3-8-16(12-6-7-12)10-13(2,9-14)15-11-4-5-11/h11-12,15H,3-8,10H2,1-2H3. The van der Waals surface area contributed by atoms with Gasteiger partial charge in [-0.25, -0.2) is 0 Å². The van der Waals surface area contributed by atoms with E-state index in [0.29, 0.717) is 6.04 Å². The molecule has 16 heavy (non-hydrogen) atoms. The molecule has 2 rings (SSSR count). The van der Waals surface area contributed by atoms with E-state index in [9.17, 15) is 5.26 Å². The molecule has 90 valence electrons. The Morgan fingerprint density at radius 1 is 1.38 bits per heavy atom. The molecular weight excluding hydrogens is 198 g/mol. The first-order valence-corrected chi connectivity index (χ1v) is 6.60. The van der Waals surface area contributed by atoms with Gasteiger partial charge in [-0.05, 0) is 45.6 Å². The first-order valence-electron chi connectivity index (χ1n) is 6.60. The quantitative estimate of drug-likeness (QED) is 0.713. The van der Waals surface area contributed by atoms with E-state index in [1.807, 2.05) is 0 Å². The summed E-state index contributed by atoms with van der Waals surface area (Å²) < 4.78 is 0. The Bertz CT molecular complexity index is 275. The molecule has 2 aliphatic carbocycles. The number of hydrogen-bond acceptors (Lipinski definition) is 3. The van der Waals surface area contributed by atoms with Crippen molar-refractivity contribution in [2.45, 2.75) is 63.6 Å². The van der Waals surface area contributed by atoms with Crippen molar-refractivity contribution in [3.8, 4) is 6.07 Å². The molecule has 1 unspecified atom stereocenters. The van der Waals surface area contributed by atoms with Gasteiger partial charge in [0.25, 0.3) is 0 Å². The smallest absolute Gasteiger partial charge is 0.116 e. The zero-order valence-electron chi connectivity index (χ0n) is 10.5. The van der Waals surface area contributed by atoms with Gasteiger partial charge in [-0.15, -0.1) is 0 Å². The van der Waals surface area contributed by atoms with Crippen LogP contribution in [0, 0.1) is 11.3 Å². The van der Waals surface area contributed by atoms with Crippen LogP contribution >= 0.6 is 0 Å². The predicted molar refractivity (Wildman–Crippen MR) is 65.1 cm³/mol. The van der Waals surface area contributed by atoms with Crippen LogP contribution in [0.25, 0.3) is 0 Å². The predicted octanol–water partition coefficient (Wildman–Crippen LogP) is 1.90. The van der Waals surface area contributed by atoms with Gasteiger partial charge in [-0.2, -0.15) is 5.26 Å². The van der Waals surface area contributed by atoms with Gasteiger partial charge in [0.2, 0.25) is 0 Å². The second kappa shape index (κ2) is 4.73. The molecule has 0 aliphatic heterocycles. The van der Waals surface area contributed by atoms with Crippen LogP contribution < -0.4 is 5.32 Å². The molecule has 0 radical (unpaired) electrons. The van der Waals surface area contributed by atoms with E-state index >= 15 is 0 Å². The summed E-state index contributed by atoms with van der Waals surface area (Å²) in [7, 11) is 0. The molecule has 2 aliphatic rings. The maximum Gasteiger partial charge on any atom is 0.116 e. The second-order valence-electron chi connectivity index (χ2n) is 5.56. The van der Waals surface area contributed by atoms with Crippen molar-refractivity contribution in [2.24, 2.45) is 0 Å². The monoisotopic (exact) mass is 221 g/mol. The fourth-order valence-electron chi connectivity index (χ4n) is 2.32. The number of nitrogens with zero attached hydrogens (tertiary/aromatic N) is 2. The Labute approximate surface area is 98.8 Å². The zero-order chi connectivity index (χ0) is 11.6. The summed E-state index contributed by atoms with van der Waals surface area (Å²) in [6.07, 6.45) is 6.32. The van der Waals surface area contributed by atoms with E-state index in [1.54, 1.807) is 0 Å². The minimum absolute atomic E-state index is 0.348. The van der Waals surface area contributed by atoms with E-state index in [0.717, 1.165) is 19.1 Å². The van der Waals surface area contributed by atoms with Crippen LogP contribution in [-0.4, -0.2) is 35.6 Å². The molecule has 0 spiro atoms. The number of nitrogens with one attached hydrogen (secondary N) is 1. The lowest BCUT2D eigenvalue weighted by Crippen LogP contribution is -2.52. The maximum atomic E-state index is 9.34. The first-order chi connectivity index (χ1) is 7.67. The lowest BCUT2D eigenvalue weighted by Gasteiger charge is -2.31. The molecule has 0 heterocycles. The third kappa shape index (κ3) is 3.20. The summed E-state index contributed by atoms with van der Waals surface area (Å²) in [5.41, 5.74) is -0.348. The Balaban J connectivity index is 1.89. The number of nitriles is 1. The molecule has 2 saturated carbocycles. The molecule has 0 aromatic carbocycles. The summed E-state index contributed by atoms with van der Waals surface area (Å²) in [5.74, 6) is 0. The Morgan fingerprint density at radius 2 is 2.06 bits per heavy atom. The highest BCUT2D eigenvalue weighted by Crippen LogP contribution is 2.29. The minimum Gasteiger partial charge on any atom is -0.298 e. The fourth-order valence-corrected chi connectivity index (χ4v) is 2.32. The summed E-state index contributed by atoms with van der Waals surface area (Å²) in [5, 5.41) is 12.8. The highest BCUT2D eigenvalue weighted by atomic mass is 15.2. The summed E-state index contributed by atoms with van der Waals surface area (Å²) in [6.45, 7) is 6.29. The molecular formula is C13H23N3. The molecule has 0 bridgehead atoms. The van der Waals surface area contributed by atoms with Crippen LogP contribution in [0.2, 0.25) is 0 Å². The summed E-state index contributed by atoms with van der Waals surface area (Å²) in [4.78, 5) is 2.50. The third-order valence-corrected chi connectivity index (χ3v) is 3.44. The molecule has 1 atom stereocenters. The van der Waals surface area contributed by atoms with Gasteiger partial charge in [0.15, 0.2) is 0 Å². The van der Waals surface area contributed by atoms with Gasteiger partial charge in [0.05, 0.1) is 6.07 Å². The van der Waals surface area contributed by atoms with Gasteiger partial charge in [-0.3, -0.25) is 10.2 Å². The van der Waals surface area contributed by atoms with E-state index < -0.39 is 0 Å². The van der Waals surface area contributed by atoms with Crippen LogP contribution in [-0.2, 0) is 0 Å². The average molecular weight is 221 g/mol. The zero-order valence-corrected chi connectivity index (χ0v) is 10.5. The van der Waals surface area contributed by atoms with Crippen molar-refractivity contribution in [1.82, 2.24) is 10.2 Å². The molecule has 0 amide bonds. The molecule has 0 saturated heterocycles. The highest BCUT2D eigenvalue weighted by Gasteiger charge is 2.37. The van der Waals surface area contributed by atoms with Crippen LogP contribution in [0.1, 0.15) is 46.0 Å². The molecule has 1 N–H and O–H groups in total. The number of hydrogen-bond donors (Lipinski definition) is 1. The summed E-state index contributed by atoms with van der Waals surface area (Å²) in [6, 6.07) is 3.83. The Hall–Kier alpha value is -0.590. The van der Waals surface area contributed by atoms with Crippen LogP contribution in [0.4, 0.5) is 0 Å². The van der Waals surface area contributed by atoms with Crippen molar-refractivity contribution in [3.05, 3.63) is 0 Å². The Kier molecular flexibility index (Phi) is 3.51. The number of rotatable bonds is 7. The lowest BCUT2D eigenvalue weighted by molar-refractivity contribution is 0.210. The average Bonchev–Trinajstić information content (AvgIpc) is 3.11. The Morgan fingerprint density at radius 3 is 2.50 bits per heavy atom. The molecule has 3 heteroatoms. The SMILES string of the molecule is CCCN(CC(C)(C#N)NC1CC1)C1CC1. The van der Waals surface area contributed by atoms with E-state index in [-0.39, 0.29) is 5.54 Å². The van der Waals surface area contributed by atoms with E-state index in [4.69, 9.17) is 0 Å². The van der Waals surface area contributed by atoms with Gasteiger partial charge in [0, 0.05) is 18.6 Å². The van der Waals surface area contributed by atoms with Crippen molar-refractivity contribution >= 4 is 0 Å². The molecule has 3 nitrogen and oxygen atoms in total.